The molecular weight excluding hydrogens is 1290 g/mol. The van der Waals surface area contributed by atoms with E-state index >= 15 is 0 Å². The minimum atomic E-state index is -1.65. The van der Waals surface area contributed by atoms with E-state index in [1.54, 1.807) is 84.9 Å². The molecule has 32 nitrogen and oxygen atoms in total. The largest absolute Gasteiger partial charge is 0.497 e. The number of carbonyl (C=O) groups excluding carboxylic acids is 13. The molecule has 32 heteroatoms. The van der Waals surface area contributed by atoms with Crippen LogP contribution >= 0.6 is 0 Å². The fourth-order valence-electron chi connectivity index (χ4n) is 11.7. The lowest BCUT2D eigenvalue weighted by Crippen LogP contribution is -2.60. The van der Waals surface area contributed by atoms with Crippen molar-refractivity contribution in [1.82, 2.24) is 52.3 Å². The van der Waals surface area contributed by atoms with Crippen molar-refractivity contribution in [3.63, 3.8) is 0 Å². The number of likely N-dealkylation sites (tertiary alicyclic amines) is 2. The number of methoxy groups -OCH3 is 1. The summed E-state index contributed by atoms with van der Waals surface area (Å²) < 4.78 is 5.21. The van der Waals surface area contributed by atoms with Crippen molar-refractivity contribution in [2.75, 3.05) is 39.8 Å². The summed E-state index contributed by atoms with van der Waals surface area (Å²) >= 11 is 0. The van der Waals surface area contributed by atoms with Crippen LogP contribution in [0.3, 0.4) is 0 Å². The van der Waals surface area contributed by atoms with Crippen LogP contribution in [0, 0.1) is 5.92 Å². The van der Waals surface area contributed by atoms with Gasteiger partial charge in [0.05, 0.1) is 19.7 Å². The van der Waals surface area contributed by atoms with Crippen LogP contribution in [0.15, 0.2) is 89.9 Å². The van der Waals surface area contributed by atoms with Crippen LogP contribution in [0.4, 0.5) is 0 Å². The Morgan fingerprint density at radius 3 is 1.47 bits per heavy atom. The number of nitrogens with two attached hydrogens (primary N) is 7. The summed E-state index contributed by atoms with van der Waals surface area (Å²) in [7, 11) is 1.50. The standard InChI is InChI=1S/C68H100N18O14/c1-40(2)35-50(62(94)82-49(58(73)90)36-43-23-25-44(100-3)26-24-43)78-57(89)39-77-59(91)51(37-41-15-6-4-7-16-41)83-63(95)52(38-42-17-8-5-9-18-42)84-61(93)46(27-29-55(71)87)79-60(92)47(28-30-56(72)88)80-64(96)54-22-14-34-86(54)67(99)48(20-10-11-31-69)81-65(97)53-21-13-33-85(53)66(98)45(70)19-12-32-76-68(74)75/h4-9,15-18,23-26,40,45-54H,10-14,19-22,27-39,69-70H2,1-3H3,(H2,71,87)(H2,72,88)(H2,73,90)(H,77,91)(H,78,89)(H,79,92)(H,80,96)(H,81,97)(H,82,94)(H,83,95)(H,84,93)(H4,74,75,76)/t45-,46-,47-,48-,49-,50-,51-,52-,53-,54-/m0/s1. The van der Waals surface area contributed by atoms with Crippen molar-refractivity contribution in [1.29, 1.82) is 0 Å². The third-order valence-corrected chi connectivity index (χ3v) is 17.0. The summed E-state index contributed by atoms with van der Waals surface area (Å²) in [6.07, 6.45) is 0.943. The summed E-state index contributed by atoms with van der Waals surface area (Å²) in [4.78, 5) is 186. The van der Waals surface area contributed by atoms with Crippen LogP contribution < -0.4 is 87.4 Å². The summed E-state index contributed by atoms with van der Waals surface area (Å²) in [5, 5.41) is 21.2. The second-order valence-electron chi connectivity index (χ2n) is 25.4. The lowest BCUT2D eigenvalue weighted by molar-refractivity contribution is -0.144. The number of ether oxygens (including phenoxy) is 1. The maximum atomic E-state index is 14.8. The molecule has 0 aliphatic carbocycles. The molecule has 3 aromatic carbocycles. The third kappa shape index (κ3) is 26.9. The molecule has 0 spiro atoms. The van der Waals surface area contributed by atoms with Crippen LogP contribution in [-0.2, 0) is 81.6 Å². The number of amides is 13. The molecule has 546 valence electrons. The number of nitrogens with one attached hydrogen (secondary N) is 8. The van der Waals surface area contributed by atoms with Gasteiger partial charge in [0.2, 0.25) is 76.8 Å². The van der Waals surface area contributed by atoms with E-state index in [4.69, 9.17) is 44.9 Å². The molecule has 22 N–H and O–H groups in total. The number of hydrogen-bond acceptors (Lipinski definition) is 17. The highest BCUT2D eigenvalue weighted by atomic mass is 16.5. The van der Waals surface area contributed by atoms with Crippen molar-refractivity contribution in [3.05, 3.63) is 102 Å². The summed E-state index contributed by atoms with van der Waals surface area (Å²) in [5.41, 5.74) is 41.5. The molecule has 2 saturated heterocycles. The predicted molar refractivity (Wildman–Crippen MR) is 369 cm³/mol. The average molecular weight is 1390 g/mol. The van der Waals surface area contributed by atoms with Crippen LogP contribution in [-0.4, -0.2) is 193 Å². The Hall–Kier alpha value is -10.2. The van der Waals surface area contributed by atoms with Crippen LogP contribution in [0.1, 0.15) is 120 Å². The molecule has 2 aliphatic rings. The van der Waals surface area contributed by atoms with Gasteiger partial charge in [0.25, 0.3) is 0 Å². The summed E-state index contributed by atoms with van der Waals surface area (Å²) in [5.74, 6) is -10.0. The van der Waals surface area contributed by atoms with E-state index < -0.39 is 169 Å². The zero-order valence-corrected chi connectivity index (χ0v) is 57.1. The van der Waals surface area contributed by atoms with E-state index in [-0.39, 0.29) is 83.0 Å². The lowest BCUT2D eigenvalue weighted by atomic mass is 10.0. The first-order chi connectivity index (χ1) is 47.7. The maximum absolute atomic E-state index is 14.8. The van der Waals surface area contributed by atoms with Crippen molar-refractivity contribution in [2.24, 2.45) is 51.0 Å². The predicted octanol–water partition coefficient (Wildman–Crippen LogP) is -3.21. The van der Waals surface area contributed by atoms with E-state index in [2.05, 4.69) is 47.5 Å². The molecule has 100 heavy (non-hydrogen) atoms. The second-order valence-corrected chi connectivity index (χ2v) is 25.4. The molecule has 5 rings (SSSR count). The van der Waals surface area contributed by atoms with Crippen molar-refractivity contribution in [2.45, 2.75) is 183 Å². The molecule has 2 heterocycles. The molecule has 0 radical (unpaired) electrons. The van der Waals surface area contributed by atoms with E-state index in [0.717, 1.165) is 0 Å². The van der Waals surface area contributed by atoms with Gasteiger partial charge in [-0.2, -0.15) is 0 Å². The monoisotopic (exact) mass is 1390 g/mol. The van der Waals surface area contributed by atoms with Crippen molar-refractivity contribution in [3.8, 4) is 5.75 Å². The molecule has 0 saturated carbocycles. The topological polar surface area (TPSA) is 528 Å². The normalized spacial score (nSPS) is 16.5. The Bertz CT molecular complexity index is 3300. The smallest absolute Gasteiger partial charge is 0.245 e. The number of primary amides is 3. The Balaban J connectivity index is 1.33. The number of hydrogen-bond donors (Lipinski definition) is 15. The van der Waals surface area contributed by atoms with E-state index in [1.165, 1.54) is 16.9 Å². The van der Waals surface area contributed by atoms with Crippen molar-refractivity contribution < 1.29 is 67.1 Å². The minimum absolute atomic E-state index is 0.0385. The Morgan fingerprint density at radius 2 is 0.970 bits per heavy atom. The number of carbonyl (C=O) groups is 13. The molecule has 3 aromatic rings. The SMILES string of the molecule is COc1ccc(C[C@H](NC(=O)[C@H](CC(C)C)NC(=O)CNC(=O)[C@H](Cc2ccccc2)NC(=O)[C@H](Cc2ccccc2)NC(=O)[C@H](CCC(N)=O)NC(=O)[C@H](CCC(N)=O)NC(=O)[C@@H]2CCCN2C(=O)[C@H](CCCCN)NC(=O)[C@@H]2CCCN2C(=O)[C@@H](N)CCCN=C(N)N)C(N)=O)cc1. The van der Waals surface area contributed by atoms with E-state index in [1.807, 2.05) is 13.8 Å². The van der Waals surface area contributed by atoms with Gasteiger partial charge in [-0.3, -0.25) is 67.3 Å². The van der Waals surface area contributed by atoms with Crippen LogP contribution in [0.2, 0.25) is 0 Å². The Morgan fingerprint density at radius 1 is 0.510 bits per heavy atom. The first-order valence-electron chi connectivity index (χ1n) is 33.8. The van der Waals surface area contributed by atoms with Gasteiger partial charge < -0.3 is 97.2 Å². The number of unbranched alkanes of at least 4 members (excludes halogenated alkanes) is 1. The molecule has 10 atom stereocenters. The van der Waals surface area contributed by atoms with Crippen molar-refractivity contribution >= 4 is 82.8 Å². The second kappa shape index (κ2) is 41.2. The average Bonchev–Trinajstić information content (AvgIpc) is 1.77. The quantitative estimate of drug-likeness (QED) is 0.0151. The van der Waals surface area contributed by atoms with Gasteiger partial charge >= 0.3 is 0 Å². The van der Waals surface area contributed by atoms with Gasteiger partial charge in [-0.1, -0.05) is 86.6 Å². The fraction of sp³-hybridized carbons (Fsp3) is 0.529. The molecule has 13 amide bonds. The Kier molecular flexibility index (Phi) is 33.2. The van der Waals surface area contributed by atoms with Crippen LogP contribution in [0.5, 0.6) is 5.75 Å². The number of guanidine groups is 1. The van der Waals surface area contributed by atoms with Gasteiger partial charge in [0.15, 0.2) is 5.96 Å². The Labute approximate surface area is 581 Å². The molecule has 2 fully saturated rings. The highest BCUT2D eigenvalue weighted by molar-refractivity contribution is 5.99. The molecule has 0 bridgehead atoms. The van der Waals surface area contributed by atoms with Gasteiger partial charge in [0, 0.05) is 51.7 Å². The zero-order valence-electron chi connectivity index (χ0n) is 57.1. The maximum Gasteiger partial charge on any atom is 0.245 e. The van der Waals surface area contributed by atoms with E-state index in [0.29, 0.717) is 61.0 Å². The van der Waals surface area contributed by atoms with Gasteiger partial charge in [-0.15, -0.1) is 0 Å². The molecule has 0 aromatic heterocycles. The number of rotatable bonds is 42. The van der Waals surface area contributed by atoms with Gasteiger partial charge in [-0.25, -0.2) is 0 Å². The zero-order chi connectivity index (χ0) is 73.4. The minimum Gasteiger partial charge on any atom is -0.497 e. The van der Waals surface area contributed by atoms with Crippen LogP contribution in [0.25, 0.3) is 0 Å². The van der Waals surface area contributed by atoms with E-state index in [9.17, 15) is 62.3 Å². The first kappa shape index (κ1) is 80.4. The number of benzene rings is 3. The first-order valence-corrected chi connectivity index (χ1v) is 33.8. The summed E-state index contributed by atoms with van der Waals surface area (Å²) in [6, 6.07) is 11.0. The number of nitrogens with zero attached hydrogens (tertiary/aromatic N) is 3. The molecule has 2 aliphatic heterocycles. The highest BCUT2D eigenvalue weighted by Crippen LogP contribution is 2.24. The molecular formula is C68H100N18O14. The number of aliphatic imine (C=N–C) groups is 1. The van der Waals surface area contributed by atoms with Gasteiger partial charge in [0.1, 0.15) is 60.1 Å². The highest BCUT2D eigenvalue weighted by Gasteiger charge is 2.42. The fourth-order valence-corrected chi connectivity index (χ4v) is 11.7. The third-order valence-electron chi connectivity index (χ3n) is 17.0. The lowest BCUT2D eigenvalue weighted by Gasteiger charge is -2.32. The molecule has 0 unspecified atom stereocenters. The van der Waals surface area contributed by atoms with Gasteiger partial charge in [-0.05, 0) is 118 Å². The summed E-state index contributed by atoms with van der Waals surface area (Å²) in [6.45, 7) is 3.80.